The first kappa shape index (κ1) is 15.2. The Morgan fingerprint density at radius 1 is 0.750 bits per heavy atom. The van der Waals surface area contributed by atoms with Crippen LogP contribution in [0.3, 0.4) is 0 Å². The van der Waals surface area contributed by atoms with E-state index in [1.54, 1.807) is 0 Å². The first-order valence-corrected chi connectivity index (χ1v) is 8.80. The molecule has 2 fully saturated rings. The molecule has 24 heavy (non-hydrogen) atoms. The fraction of sp³-hybridized carbons (Fsp3) is 0.500. The van der Waals surface area contributed by atoms with Crippen LogP contribution in [-0.4, -0.2) is 54.2 Å². The van der Waals surface area contributed by atoms with Crippen LogP contribution in [0, 0.1) is 6.92 Å². The standard InChI is InChI=1S/C18H24N6/c1-15-20-17(23-8-2-3-9-23)14-18(21-15)24-12-10-22(11-13-24)16-4-6-19-7-5-16/h4-7,14H,2-3,8-13H2,1H3. The second-order valence-corrected chi connectivity index (χ2v) is 6.51. The number of rotatable bonds is 3. The Kier molecular flexibility index (Phi) is 4.19. The molecule has 126 valence electrons. The minimum atomic E-state index is 0.867. The Morgan fingerprint density at radius 2 is 1.29 bits per heavy atom. The van der Waals surface area contributed by atoms with E-state index < -0.39 is 0 Å². The maximum absolute atomic E-state index is 4.69. The molecule has 0 aromatic carbocycles. The van der Waals surface area contributed by atoms with E-state index in [9.17, 15) is 0 Å². The van der Waals surface area contributed by atoms with Crippen molar-refractivity contribution < 1.29 is 0 Å². The lowest BCUT2D eigenvalue weighted by Crippen LogP contribution is -2.47. The quantitative estimate of drug-likeness (QED) is 0.862. The van der Waals surface area contributed by atoms with Crippen LogP contribution >= 0.6 is 0 Å². The highest BCUT2D eigenvalue weighted by Gasteiger charge is 2.21. The van der Waals surface area contributed by atoms with Gasteiger partial charge in [-0.15, -0.1) is 0 Å². The van der Waals surface area contributed by atoms with Gasteiger partial charge in [-0.25, -0.2) is 9.97 Å². The summed E-state index contributed by atoms with van der Waals surface area (Å²) >= 11 is 0. The normalized spacial score (nSPS) is 18.3. The van der Waals surface area contributed by atoms with Gasteiger partial charge >= 0.3 is 0 Å². The molecule has 2 aliphatic rings. The highest BCUT2D eigenvalue weighted by atomic mass is 15.3. The summed E-state index contributed by atoms with van der Waals surface area (Å²) < 4.78 is 0. The molecule has 6 heteroatoms. The largest absolute Gasteiger partial charge is 0.368 e. The van der Waals surface area contributed by atoms with Crippen LogP contribution in [-0.2, 0) is 0 Å². The van der Waals surface area contributed by atoms with Crippen molar-refractivity contribution in [2.45, 2.75) is 19.8 Å². The monoisotopic (exact) mass is 324 g/mol. The molecule has 6 nitrogen and oxygen atoms in total. The highest BCUT2D eigenvalue weighted by Crippen LogP contribution is 2.24. The molecular weight excluding hydrogens is 300 g/mol. The lowest BCUT2D eigenvalue weighted by atomic mass is 10.2. The van der Waals surface area contributed by atoms with Gasteiger partial charge in [0.25, 0.3) is 0 Å². The number of pyridine rings is 1. The number of piperazine rings is 1. The van der Waals surface area contributed by atoms with Gasteiger partial charge in [0.05, 0.1) is 0 Å². The first-order valence-electron chi connectivity index (χ1n) is 8.80. The summed E-state index contributed by atoms with van der Waals surface area (Å²) in [4.78, 5) is 20.6. The van der Waals surface area contributed by atoms with E-state index in [0.717, 1.165) is 56.7 Å². The van der Waals surface area contributed by atoms with E-state index in [0.29, 0.717) is 0 Å². The second kappa shape index (κ2) is 6.63. The number of aryl methyl sites for hydroxylation is 1. The highest BCUT2D eigenvalue weighted by molar-refractivity contribution is 5.53. The predicted molar refractivity (Wildman–Crippen MR) is 96.9 cm³/mol. The molecule has 0 atom stereocenters. The van der Waals surface area contributed by atoms with Crippen LogP contribution in [0.15, 0.2) is 30.6 Å². The molecule has 0 bridgehead atoms. The third-order valence-corrected chi connectivity index (χ3v) is 4.87. The SMILES string of the molecule is Cc1nc(N2CCCC2)cc(N2CCN(c3ccncc3)CC2)n1. The molecular formula is C18H24N6. The van der Waals surface area contributed by atoms with Crippen LogP contribution in [0.4, 0.5) is 17.3 Å². The van der Waals surface area contributed by atoms with Crippen molar-refractivity contribution in [3.63, 3.8) is 0 Å². The van der Waals surface area contributed by atoms with E-state index in [1.807, 2.05) is 19.3 Å². The average molecular weight is 324 g/mol. The average Bonchev–Trinajstić information content (AvgIpc) is 3.17. The number of aromatic nitrogens is 3. The molecule has 2 aromatic heterocycles. The molecule has 0 spiro atoms. The number of anilines is 3. The smallest absolute Gasteiger partial charge is 0.134 e. The van der Waals surface area contributed by atoms with Crippen molar-refractivity contribution in [3.05, 3.63) is 36.4 Å². The summed E-state index contributed by atoms with van der Waals surface area (Å²) in [5.41, 5.74) is 1.25. The molecule has 2 aromatic rings. The maximum atomic E-state index is 4.69. The van der Waals surface area contributed by atoms with Crippen LogP contribution in [0.1, 0.15) is 18.7 Å². The molecule has 2 saturated heterocycles. The van der Waals surface area contributed by atoms with Gasteiger partial charge in [0.15, 0.2) is 0 Å². The number of hydrogen-bond donors (Lipinski definition) is 0. The lowest BCUT2D eigenvalue weighted by molar-refractivity contribution is 0.645. The zero-order chi connectivity index (χ0) is 16.4. The van der Waals surface area contributed by atoms with Gasteiger partial charge < -0.3 is 14.7 Å². The van der Waals surface area contributed by atoms with Crippen molar-refractivity contribution in [2.75, 3.05) is 54.0 Å². The summed E-state index contributed by atoms with van der Waals surface area (Å²) in [6.07, 6.45) is 6.25. The Labute approximate surface area is 143 Å². The van der Waals surface area contributed by atoms with Gasteiger partial charge in [-0.1, -0.05) is 0 Å². The molecule has 4 heterocycles. The maximum Gasteiger partial charge on any atom is 0.134 e. The minimum Gasteiger partial charge on any atom is -0.368 e. The predicted octanol–water partition coefficient (Wildman–Crippen LogP) is 2.11. The van der Waals surface area contributed by atoms with Gasteiger partial charge in [-0.3, -0.25) is 4.98 Å². The van der Waals surface area contributed by atoms with Crippen molar-refractivity contribution in [1.82, 2.24) is 15.0 Å². The molecule has 4 rings (SSSR count). The number of hydrogen-bond acceptors (Lipinski definition) is 6. The fourth-order valence-electron chi connectivity index (χ4n) is 3.56. The van der Waals surface area contributed by atoms with E-state index in [-0.39, 0.29) is 0 Å². The Hall–Kier alpha value is -2.37. The third kappa shape index (κ3) is 3.13. The Balaban J connectivity index is 1.47. The van der Waals surface area contributed by atoms with Crippen molar-refractivity contribution in [1.29, 1.82) is 0 Å². The Bertz CT molecular complexity index is 675. The summed E-state index contributed by atoms with van der Waals surface area (Å²) in [5.74, 6) is 3.02. The molecule has 0 radical (unpaired) electrons. The summed E-state index contributed by atoms with van der Waals surface area (Å²) in [7, 11) is 0. The molecule has 2 aliphatic heterocycles. The van der Waals surface area contributed by atoms with Gasteiger partial charge in [0.2, 0.25) is 0 Å². The topological polar surface area (TPSA) is 48.4 Å². The minimum absolute atomic E-state index is 0.867. The summed E-state index contributed by atoms with van der Waals surface area (Å²) in [6.45, 7) is 8.21. The molecule has 0 aliphatic carbocycles. The molecule has 0 unspecified atom stereocenters. The van der Waals surface area contributed by atoms with Crippen LogP contribution in [0.5, 0.6) is 0 Å². The summed E-state index contributed by atoms with van der Waals surface area (Å²) in [6, 6.07) is 6.33. The second-order valence-electron chi connectivity index (χ2n) is 6.51. The third-order valence-electron chi connectivity index (χ3n) is 4.87. The molecule has 0 saturated carbocycles. The zero-order valence-corrected chi connectivity index (χ0v) is 14.2. The van der Waals surface area contributed by atoms with E-state index in [4.69, 9.17) is 0 Å². The zero-order valence-electron chi connectivity index (χ0n) is 14.2. The fourth-order valence-corrected chi connectivity index (χ4v) is 3.56. The van der Waals surface area contributed by atoms with E-state index in [2.05, 4.69) is 47.9 Å². The van der Waals surface area contributed by atoms with Crippen molar-refractivity contribution >= 4 is 17.3 Å². The van der Waals surface area contributed by atoms with Crippen LogP contribution in [0.25, 0.3) is 0 Å². The first-order chi connectivity index (χ1) is 11.8. The van der Waals surface area contributed by atoms with Gasteiger partial charge in [-0.05, 0) is 31.9 Å². The van der Waals surface area contributed by atoms with Crippen LogP contribution < -0.4 is 14.7 Å². The van der Waals surface area contributed by atoms with Crippen molar-refractivity contribution in [2.24, 2.45) is 0 Å². The molecule has 0 N–H and O–H groups in total. The lowest BCUT2D eigenvalue weighted by Gasteiger charge is -2.37. The van der Waals surface area contributed by atoms with Gasteiger partial charge in [0, 0.05) is 63.4 Å². The van der Waals surface area contributed by atoms with E-state index in [1.165, 1.54) is 18.5 Å². The summed E-state index contributed by atoms with van der Waals surface area (Å²) in [5, 5.41) is 0. The Morgan fingerprint density at radius 3 is 1.92 bits per heavy atom. The van der Waals surface area contributed by atoms with Gasteiger partial charge in [0.1, 0.15) is 17.5 Å². The van der Waals surface area contributed by atoms with Crippen LogP contribution in [0.2, 0.25) is 0 Å². The van der Waals surface area contributed by atoms with Crippen molar-refractivity contribution in [3.8, 4) is 0 Å². The van der Waals surface area contributed by atoms with E-state index >= 15 is 0 Å². The molecule has 0 amide bonds. The van der Waals surface area contributed by atoms with Gasteiger partial charge in [-0.2, -0.15) is 0 Å². The number of nitrogens with zero attached hydrogens (tertiary/aromatic N) is 6.